The summed E-state index contributed by atoms with van der Waals surface area (Å²) in [5, 5.41) is 2.47. The molecule has 1 aromatic heterocycles. The third kappa shape index (κ3) is 5.69. The normalized spacial score (nSPS) is 10.3. The first-order valence-corrected chi connectivity index (χ1v) is 8.51. The first kappa shape index (κ1) is 17.5. The maximum absolute atomic E-state index is 12.0. The van der Waals surface area contributed by atoms with Crippen LogP contribution in [0.3, 0.4) is 0 Å². The molecule has 0 spiro atoms. The van der Waals surface area contributed by atoms with Crippen LogP contribution in [0.4, 0.5) is 0 Å². The molecule has 0 aliphatic heterocycles. The van der Waals surface area contributed by atoms with E-state index in [1.54, 1.807) is 30.1 Å². The van der Waals surface area contributed by atoms with E-state index in [-0.39, 0.29) is 24.5 Å². The topological polar surface area (TPSA) is 46.6 Å². The van der Waals surface area contributed by atoms with Gasteiger partial charge in [0.25, 0.3) is 0 Å². The summed E-state index contributed by atoms with van der Waals surface area (Å²) in [6.45, 7) is 0.833. The molecule has 0 aliphatic carbocycles. The van der Waals surface area contributed by atoms with Crippen LogP contribution in [0.2, 0.25) is 5.02 Å². The molecule has 0 aliphatic rings. The summed E-state index contributed by atoms with van der Waals surface area (Å²) < 4.78 is 5.55. The Bertz CT molecular complexity index is 658. The lowest BCUT2D eigenvalue weighted by molar-refractivity contribution is -0.130. The Morgan fingerprint density at radius 2 is 2.04 bits per heavy atom. The molecular weight excluding hydrogens is 334 g/mol. The van der Waals surface area contributed by atoms with Crippen LogP contribution >= 0.6 is 22.9 Å². The van der Waals surface area contributed by atoms with Crippen molar-refractivity contribution in [3.63, 3.8) is 0 Å². The highest BCUT2D eigenvalue weighted by atomic mass is 35.5. The minimum absolute atomic E-state index is 0.0110. The fourth-order valence-corrected chi connectivity index (χ4v) is 2.83. The van der Waals surface area contributed by atoms with Gasteiger partial charge in [0, 0.05) is 24.9 Å². The van der Waals surface area contributed by atoms with Crippen LogP contribution in [0.25, 0.3) is 0 Å². The summed E-state index contributed by atoms with van der Waals surface area (Å²) in [5.41, 5.74) is 0. The van der Waals surface area contributed by atoms with Gasteiger partial charge in [0.05, 0.1) is 11.4 Å². The van der Waals surface area contributed by atoms with Crippen molar-refractivity contribution in [2.45, 2.75) is 12.8 Å². The molecule has 122 valence electrons. The number of halogens is 1. The lowest BCUT2D eigenvalue weighted by Gasteiger charge is -2.17. The van der Waals surface area contributed by atoms with Crippen molar-refractivity contribution in [1.29, 1.82) is 0 Å². The molecular formula is C17H18ClNO3S. The van der Waals surface area contributed by atoms with E-state index in [9.17, 15) is 9.59 Å². The number of thiophene rings is 1. The summed E-state index contributed by atoms with van der Waals surface area (Å²) in [7, 11) is 1.71. The first-order valence-electron chi connectivity index (χ1n) is 7.25. The lowest BCUT2D eigenvalue weighted by Crippen LogP contribution is -2.31. The van der Waals surface area contributed by atoms with E-state index in [4.69, 9.17) is 16.3 Å². The van der Waals surface area contributed by atoms with Crippen LogP contribution in [0.1, 0.15) is 22.5 Å². The van der Waals surface area contributed by atoms with Crippen LogP contribution < -0.4 is 4.74 Å². The fourth-order valence-electron chi connectivity index (χ4n) is 1.95. The van der Waals surface area contributed by atoms with Crippen LogP contribution in [-0.2, 0) is 4.79 Å². The number of hydrogen-bond donors (Lipinski definition) is 0. The first-order chi connectivity index (χ1) is 11.1. The molecule has 0 unspecified atom stereocenters. The zero-order chi connectivity index (χ0) is 16.7. The van der Waals surface area contributed by atoms with Gasteiger partial charge in [-0.3, -0.25) is 9.59 Å². The highest BCUT2D eigenvalue weighted by molar-refractivity contribution is 7.12. The zero-order valence-electron chi connectivity index (χ0n) is 12.8. The van der Waals surface area contributed by atoms with Gasteiger partial charge in [0.15, 0.2) is 5.78 Å². The maximum Gasteiger partial charge on any atom is 0.222 e. The van der Waals surface area contributed by atoms with Gasteiger partial charge < -0.3 is 9.64 Å². The molecule has 0 atom stereocenters. The average molecular weight is 352 g/mol. The second-order valence-corrected chi connectivity index (χ2v) is 6.41. The zero-order valence-corrected chi connectivity index (χ0v) is 14.4. The van der Waals surface area contributed by atoms with Gasteiger partial charge in [-0.25, -0.2) is 0 Å². The number of Topliss-reactive ketones (excluding diaryl/α,β-unsaturated/α-hetero) is 1. The van der Waals surface area contributed by atoms with Crippen molar-refractivity contribution >= 4 is 34.6 Å². The Balaban J connectivity index is 1.69. The second-order valence-electron chi connectivity index (χ2n) is 5.02. The minimum Gasteiger partial charge on any atom is -0.492 e. The molecule has 4 nitrogen and oxygen atoms in total. The summed E-state index contributed by atoms with van der Waals surface area (Å²) in [5.74, 6) is 0.618. The maximum atomic E-state index is 12.0. The molecule has 0 saturated carbocycles. The Kier molecular flexibility index (Phi) is 6.62. The van der Waals surface area contributed by atoms with Crippen molar-refractivity contribution in [2.24, 2.45) is 0 Å². The number of ketones is 1. The molecule has 1 heterocycles. The lowest BCUT2D eigenvalue weighted by atomic mass is 10.2. The number of carbonyl (C=O) groups is 2. The number of nitrogens with zero attached hydrogens (tertiary/aromatic N) is 1. The number of amides is 1. The number of ether oxygens (including phenoxy) is 1. The molecule has 0 radical (unpaired) electrons. The van der Waals surface area contributed by atoms with Gasteiger partial charge in [-0.2, -0.15) is 0 Å². The Hall–Kier alpha value is -1.85. The highest BCUT2D eigenvalue weighted by Crippen LogP contribution is 2.17. The molecule has 0 saturated heterocycles. The van der Waals surface area contributed by atoms with Crippen molar-refractivity contribution in [2.75, 3.05) is 20.2 Å². The smallest absolute Gasteiger partial charge is 0.222 e. The van der Waals surface area contributed by atoms with E-state index in [0.717, 1.165) is 0 Å². The number of likely N-dealkylation sites (N-methyl/N-ethyl adjacent to an activating group) is 1. The van der Waals surface area contributed by atoms with Crippen LogP contribution in [0.15, 0.2) is 41.8 Å². The van der Waals surface area contributed by atoms with Crippen molar-refractivity contribution < 1.29 is 14.3 Å². The van der Waals surface area contributed by atoms with Crippen molar-refractivity contribution in [3.05, 3.63) is 51.7 Å². The van der Waals surface area contributed by atoms with Crippen molar-refractivity contribution in [1.82, 2.24) is 4.90 Å². The molecule has 0 N–H and O–H groups in total. The molecule has 1 aromatic carbocycles. The van der Waals surface area contributed by atoms with Gasteiger partial charge in [-0.05, 0) is 29.6 Å². The van der Waals surface area contributed by atoms with Crippen molar-refractivity contribution in [3.8, 4) is 5.75 Å². The predicted molar refractivity (Wildman–Crippen MR) is 92.5 cm³/mol. The van der Waals surface area contributed by atoms with Crippen LogP contribution in [-0.4, -0.2) is 36.8 Å². The Morgan fingerprint density at radius 1 is 1.22 bits per heavy atom. The number of rotatable bonds is 8. The van der Waals surface area contributed by atoms with E-state index in [1.165, 1.54) is 11.3 Å². The molecule has 1 amide bonds. The van der Waals surface area contributed by atoms with E-state index in [1.807, 2.05) is 23.6 Å². The average Bonchev–Trinajstić information content (AvgIpc) is 3.06. The molecule has 2 aromatic rings. The third-order valence-corrected chi connectivity index (χ3v) is 4.43. The number of carbonyl (C=O) groups excluding carboxylic acids is 2. The van der Waals surface area contributed by atoms with Crippen LogP contribution in [0, 0.1) is 0 Å². The van der Waals surface area contributed by atoms with E-state index >= 15 is 0 Å². The quantitative estimate of drug-likeness (QED) is 0.677. The third-order valence-electron chi connectivity index (χ3n) is 3.28. The molecule has 6 heteroatoms. The Morgan fingerprint density at radius 3 is 2.74 bits per heavy atom. The van der Waals surface area contributed by atoms with Gasteiger partial charge >= 0.3 is 0 Å². The largest absolute Gasteiger partial charge is 0.492 e. The second kappa shape index (κ2) is 8.70. The molecule has 23 heavy (non-hydrogen) atoms. The summed E-state index contributed by atoms with van der Waals surface area (Å²) in [6, 6.07) is 10.7. The van der Waals surface area contributed by atoms with E-state index in [0.29, 0.717) is 28.8 Å². The van der Waals surface area contributed by atoms with Gasteiger partial charge in [0.1, 0.15) is 12.4 Å². The monoisotopic (exact) mass is 351 g/mol. The summed E-state index contributed by atoms with van der Waals surface area (Å²) in [6.07, 6.45) is 0.448. The van der Waals surface area contributed by atoms with Gasteiger partial charge in [-0.1, -0.05) is 23.7 Å². The van der Waals surface area contributed by atoms with Gasteiger partial charge in [-0.15, -0.1) is 11.3 Å². The number of hydrogen-bond acceptors (Lipinski definition) is 4. The molecule has 0 fully saturated rings. The standard InChI is InChI=1S/C17H18ClNO3S/c1-19(9-10-22-14-5-2-4-13(18)12-14)17(21)8-7-15(20)16-6-3-11-23-16/h2-6,11-12H,7-10H2,1H3. The predicted octanol–water partition coefficient (Wildman–Crippen LogP) is 3.90. The van der Waals surface area contributed by atoms with Gasteiger partial charge in [0.2, 0.25) is 5.91 Å². The van der Waals surface area contributed by atoms with Crippen LogP contribution in [0.5, 0.6) is 5.75 Å². The minimum atomic E-state index is -0.0652. The SMILES string of the molecule is CN(CCOc1cccc(Cl)c1)C(=O)CCC(=O)c1cccs1. The molecule has 0 bridgehead atoms. The fraction of sp³-hybridized carbons (Fsp3) is 0.294. The summed E-state index contributed by atoms with van der Waals surface area (Å²) >= 11 is 7.27. The highest BCUT2D eigenvalue weighted by Gasteiger charge is 2.13. The molecule has 2 rings (SSSR count). The Labute approximate surface area is 144 Å². The number of benzene rings is 1. The summed E-state index contributed by atoms with van der Waals surface area (Å²) in [4.78, 5) is 26.2. The van der Waals surface area contributed by atoms with E-state index in [2.05, 4.69) is 0 Å². The van der Waals surface area contributed by atoms with E-state index < -0.39 is 0 Å².